The molecule has 4 nitrogen and oxygen atoms in total. The van der Waals surface area contributed by atoms with Gasteiger partial charge in [-0.25, -0.2) is 13.4 Å². The van der Waals surface area contributed by atoms with Gasteiger partial charge in [0.15, 0.2) is 9.84 Å². The Morgan fingerprint density at radius 3 is 2.83 bits per heavy atom. The van der Waals surface area contributed by atoms with Crippen LogP contribution in [0.15, 0.2) is 6.20 Å². The van der Waals surface area contributed by atoms with Crippen LogP contribution in [0.25, 0.3) is 0 Å². The van der Waals surface area contributed by atoms with Gasteiger partial charge in [-0.05, 0) is 0 Å². The largest absolute Gasteiger partial charge is 0.247 e. The van der Waals surface area contributed by atoms with Gasteiger partial charge in [0.05, 0.1) is 6.20 Å². The molecule has 0 aromatic carbocycles. The van der Waals surface area contributed by atoms with E-state index in [0.717, 1.165) is 17.6 Å². The van der Waals surface area contributed by atoms with Crippen molar-refractivity contribution in [3.8, 4) is 6.07 Å². The highest BCUT2D eigenvalue weighted by atomic mass is 32.2. The van der Waals surface area contributed by atoms with Gasteiger partial charge in [0, 0.05) is 6.26 Å². The minimum atomic E-state index is -3.03. The second kappa shape index (κ2) is 3.21. The summed E-state index contributed by atoms with van der Waals surface area (Å²) in [6, 6.07) is 1.89. The van der Waals surface area contributed by atoms with Crippen LogP contribution in [0, 0.1) is 11.3 Å². The van der Waals surface area contributed by atoms with Crippen molar-refractivity contribution in [1.82, 2.24) is 4.98 Å². The number of aromatic nitrogens is 1. The van der Waals surface area contributed by atoms with Crippen LogP contribution in [0.3, 0.4) is 0 Å². The molecule has 0 fully saturated rings. The quantitative estimate of drug-likeness (QED) is 0.702. The van der Waals surface area contributed by atoms with Crippen molar-refractivity contribution in [2.45, 2.75) is 5.75 Å². The van der Waals surface area contributed by atoms with E-state index in [0.29, 0.717) is 9.88 Å². The van der Waals surface area contributed by atoms with Crippen molar-refractivity contribution in [1.29, 1.82) is 5.26 Å². The first-order valence-electron chi connectivity index (χ1n) is 3.04. The number of thiazole rings is 1. The first-order chi connectivity index (χ1) is 5.51. The molecule has 12 heavy (non-hydrogen) atoms. The minimum absolute atomic E-state index is 0.0840. The Bertz CT molecular complexity index is 413. The van der Waals surface area contributed by atoms with E-state index >= 15 is 0 Å². The molecule has 0 amide bonds. The molecule has 0 unspecified atom stereocenters. The lowest BCUT2D eigenvalue weighted by Crippen LogP contribution is -1.99. The molecule has 1 aromatic heterocycles. The molecule has 0 bridgehead atoms. The molecule has 64 valence electrons. The van der Waals surface area contributed by atoms with Crippen LogP contribution in [-0.4, -0.2) is 19.7 Å². The Balaban J connectivity index is 2.87. The van der Waals surface area contributed by atoms with E-state index in [1.807, 2.05) is 6.07 Å². The van der Waals surface area contributed by atoms with Crippen molar-refractivity contribution in [2.24, 2.45) is 0 Å². The molecule has 0 saturated carbocycles. The SMILES string of the molecule is CS(=O)(=O)Cc1ncc(C#N)s1. The Kier molecular flexibility index (Phi) is 2.45. The zero-order valence-electron chi connectivity index (χ0n) is 6.31. The van der Waals surface area contributed by atoms with Gasteiger partial charge in [-0.2, -0.15) is 5.26 Å². The fourth-order valence-electron chi connectivity index (χ4n) is 0.653. The summed E-state index contributed by atoms with van der Waals surface area (Å²) >= 11 is 1.11. The van der Waals surface area contributed by atoms with E-state index in [2.05, 4.69) is 4.98 Å². The van der Waals surface area contributed by atoms with Crippen LogP contribution < -0.4 is 0 Å². The van der Waals surface area contributed by atoms with Gasteiger partial charge >= 0.3 is 0 Å². The van der Waals surface area contributed by atoms with Crippen molar-refractivity contribution < 1.29 is 8.42 Å². The predicted molar refractivity (Wildman–Crippen MR) is 45.4 cm³/mol. The highest BCUT2D eigenvalue weighted by molar-refractivity contribution is 7.90. The van der Waals surface area contributed by atoms with E-state index in [1.165, 1.54) is 6.20 Å². The molecule has 1 heterocycles. The molecule has 0 aliphatic rings. The van der Waals surface area contributed by atoms with E-state index in [-0.39, 0.29) is 5.75 Å². The highest BCUT2D eigenvalue weighted by Crippen LogP contribution is 2.13. The first-order valence-corrected chi connectivity index (χ1v) is 5.91. The average molecular weight is 202 g/mol. The number of rotatable bonds is 2. The summed E-state index contributed by atoms with van der Waals surface area (Å²) in [7, 11) is -3.03. The lowest BCUT2D eigenvalue weighted by Gasteiger charge is -1.89. The smallest absolute Gasteiger partial charge is 0.153 e. The van der Waals surface area contributed by atoms with Gasteiger partial charge in [0.2, 0.25) is 0 Å². The molecular formula is C6H6N2O2S2. The Morgan fingerprint density at radius 2 is 2.42 bits per heavy atom. The minimum Gasteiger partial charge on any atom is -0.247 e. The van der Waals surface area contributed by atoms with Gasteiger partial charge in [0.25, 0.3) is 0 Å². The van der Waals surface area contributed by atoms with Crippen molar-refractivity contribution >= 4 is 21.2 Å². The molecular weight excluding hydrogens is 196 g/mol. The molecule has 0 atom stereocenters. The Labute approximate surface area is 74.4 Å². The van der Waals surface area contributed by atoms with Gasteiger partial charge in [-0.3, -0.25) is 0 Å². The van der Waals surface area contributed by atoms with Crippen LogP contribution in [0.5, 0.6) is 0 Å². The molecule has 0 saturated heterocycles. The maximum Gasteiger partial charge on any atom is 0.153 e. The highest BCUT2D eigenvalue weighted by Gasteiger charge is 2.08. The summed E-state index contributed by atoms with van der Waals surface area (Å²) in [5, 5.41) is 8.89. The molecule has 1 rings (SSSR count). The average Bonchev–Trinajstić information content (AvgIpc) is 2.32. The summed E-state index contributed by atoms with van der Waals surface area (Å²) in [4.78, 5) is 4.23. The van der Waals surface area contributed by atoms with Crippen LogP contribution in [-0.2, 0) is 15.6 Å². The Hall–Kier alpha value is -0.930. The molecule has 0 N–H and O–H groups in total. The number of nitriles is 1. The summed E-state index contributed by atoms with van der Waals surface area (Å²) in [6.45, 7) is 0. The zero-order valence-corrected chi connectivity index (χ0v) is 7.94. The van der Waals surface area contributed by atoms with Gasteiger partial charge < -0.3 is 0 Å². The third kappa shape index (κ3) is 2.60. The second-order valence-corrected chi connectivity index (χ2v) is 5.56. The second-order valence-electron chi connectivity index (χ2n) is 2.30. The summed E-state index contributed by atoms with van der Waals surface area (Å²) in [5.74, 6) is -0.0840. The number of sulfone groups is 1. The van der Waals surface area contributed by atoms with E-state index in [9.17, 15) is 8.42 Å². The summed E-state index contributed by atoms with van der Waals surface area (Å²) in [6.07, 6.45) is 2.52. The molecule has 0 radical (unpaired) electrons. The molecule has 1 aromatic rings. The predicted octanol–water partition coefficient (Wildman–Crippen LogP) is 0.559. The lowest BCUT2D eigenvalue weighted by atomic mass is 10.6. The van der Waals surface area contributed by atoms with Crippen molar-refractivity contribution in [3.05, 3.63) is 16.1 Å². The fraction of sp³-hybridized carbons (Fsp3) is 0.333. The number of hydrogen-bond acceptors (Lipinski definition) is 5. The Morgan fingerprint density at radius 1 is 1.75 bits per heavy atom. The maximum atomic E-state index is 10.8. The van der Waals surface area contributed by atoms with Crippen LogP contribution in [0.2, 0.25) is 0 Å². The van der Waals surface area contributed by atoms with Crippen molar-refractivity contribution in [2.75, 3.05) is 6.26 Å². The summed E-state index contributed by atoms with van der Waals surface area (Å²) < 4.78 is 21.6. The molecule has 0 spiro atoms. The van der Waals surface area contributed by atoms with Gasteiger partial charge in [0.1, 0.15) is 21.7 Å². The number of nitrogens with zero attached hydrogens (tertiary/aromatic N) is 2. The fourth-order valence-corrected chi connectivity index (χ4v) is 2.56. The van der Waals surface area contributed by atoms with E-state index < -0.39 is 9.84 Å². The van der Waals surface area contributed by atoms with Gasteiger partial charge in [-0.15, -0.1) is 11.3 Å². The first kappa shape index (κ1) is 9.16. The van der Waals surface area contributed by atoms with Crippen LogP contribution in [0.4, 0.5) is 0 Å². The van der Waals surface area contributed by atoms with Crippen LogP contribution in [0.1, 0.15) is 9.88 Å². The van der Waals surface area contributed by atoms with E-state index in [1.54, 1.807) is 0 Å². The maximum absolute atomic E-state index is 10.8. The lowest BCUT2D eigenvalue weighted by molar-refractivity contribution is 0.601. The van der Waals surface area contributed by atoms with Gasteiger partial charge in [-0.1, -0.05) is 0 Å². The normalized spacial score (nSPS) is 11.0. The molecule has 6 heteroatoms. The standard InChI is InChI=1S/C6H6N2O2S2/c1-12(9,10)4-6-8-3-5(2-7)11-6/h3H,4H2,1H3. The topological polar surface area (TPSA) is 70.8 Å². The molecule has 0 aliphatic heterocycles. The van der Waals surface area contributed by atoms with E-state index in [4.69, 9.17) is 5.26 Å². The third-order valence-corrected chi connectivity index (χ3v) is 2.93. The summed E-state index contributed by atoms with van der Waals surface area (Å²) in [5.41, 5.74) is 0. The van der Waals surface area contributed by atoms with Crippen molar-refractivity contribution in [3.63, 3.8) is 0 Å². The third-order valence-electron chi connectivity index (χ3n) is 1.05. The molecule has 0 aliphatic carbocycles. The number of hydrogen-bond donors (Lipinski definition) is 0. The van der Waals surface area contributed by atoms with Crippen LogP contribution >= 0.6 is 11.3 Å². The zero-order chi connectivity index (χ0) is 9.19. The monoisotopic (exact) mass is 202 g/mol.